The third-order valence-corrected chi connectivity index (χ3v) is 4.15. The van der Waals surface area contributed by atoms with E-state index >= 15 is 0 Å². The molecule has 0 spiro atoms. The van der Waals surface area contributed by atoms with Crippen LogP contribution in [-0.4, -0.2) is 30.2 Å². The number of methoxy groups -OCH3 is 1. The van der Waals surface area contributed by atoms with E-state index < -0.39 is 5.97 Å². The van der Waals surface area contributed by atoms with Gasteiger partial charge >= 0.3 is 11.9 Å². The van der Waals surface area contributed by atoms with E-state index in [4.69, 9.17) is 10.8 Å². The van der Waals surface area contributed by atoms with Gasteiger partial charge in [0.05, 0.1) is 7.11 Å². The van der Waals surface area contributed by atoms with E-state index in [-0.39, 0.29) is 12.0 Å². The molecule has 0 aliphatic heterocycles. The molecule has 24 heavy (non-hydrogen) atoms. The van der Waals surface area contributed by atoms with Crippen LogP contribution >= 0.6 is 0 Å². The number of aliphatic carboxylic acids is 1. The Kier molecular flexibility index (Phi) is 14.1. The molecule has 0 aliphatic carbocycles. The molecule has 0 fully saturated rings. The van der Waals surface area contributed by atoms with Gasteiger partial charge in [-0.1, -0.05) is 46.1 Å². The van der Waals surface area contributed by atoms with Crippen LogP contribution in [0.5, 0.6) is 0 Å². The van der Waals surface area contributed by atoms with Crippen molar-refractivity contribution in [3.8, 4) is 0 Å². The van der Waals surface area contributed by atoms with Crippen LogP contribution in [0.25, 0.3) is 0 Å². The molecular formula is C19H35NO4. The normalized spacial score (nSPS) is 13.8. The Bertz CT molecular complexity index is 439. The highest BCUT2D eigenvalue weighted by atomic mass is 16.5. The molecule has 2 unspecified atom stereocenters. The summed E-state index contributed by atoms with van der Waals surface area (Å²) in [4.78, 5) is 21.4. The Morgan fingerprint density at radius 3 is 2.12 bits per heavy atom. The summed E-state index contributed by atoms with van der Waals surface area (Å²) in [7, 11) is 1.36. The molecule has 5 heteroatoms. The minimum atomic E-state index is -0.852. The fraction of sp³-hybridized carbons (Fsp3) is 0.684. The van der Waals surface area contributed by atoms with Crippen molar-refractivity contribution < 1.29 is 19.4 Å². The Labute approximate surface area is 147 Å². The SMILES string of the molecule is C=C(CC(CC)CCCC)C(=O)O.COC(=O)C(C)=C(C)C(C)N. The van der Waals surface area contributed by atoms with Crippen molar-refractivity contribution in [2.45, 2.75) is 72.8 Å². The van der Waals surface area contributed by atoms with Crippen LogP contribution in [0.15, 0.2) is 23.3 Å². The first-order valence-corrected chi connectivity index (χ1v) is 8.54. The summed E-state index contributed by atoms with van der Waals surface area (Å²) < 4.78 is 4.53. The second-order valence-electron chi connectivity index (χ2n) is 6.12. The number of ether oxygens (including phenoxy) is 1. The number of carbonyl (C=O) groups is 2. The summed E-state index contributed by atoms with van der Waals surface area (Å²) in [5.74, 6) is -0.654. The first kappa shape index (κ1) is 24.6. The van der Waals surface area contributed by atoms with E-state index in [0.717, 1.165) is 18.4 Å². The highest BCUT2D eigenvalue weighted by molar-refractivity contribution is 5.88. The topological polar surface area (TPSA) is 89.6 Å². The van der Waals surface area contributed by atoms with Crippen LogP contribution in [-0.2, 0) is 14.3 Å². The lowest BCUT2D eigenvalue weighted by molar-refractivity contribution is -0.136. The second kappa shape index (κ2) is 13.8. The lowest BCUT2D eigenvalue weighted by Gasteiger charge is -2.13. The lowest BCUT2D eigenvalue weighted by Crippen LogP contribution is -2.19. The van der Waals surface area contributed by atoms with Crippen molar-refractivity contribution in [3.63, 3.8) is 0 Å². The lowest BCUT2D eigenvalue weighted by atomic mass is 9.92. The van der Waals surface area contributed by atoms with Gasteiger partial charge in [0, 0.05) is 17.2 Å². The number of carbonyl (C=O) groups excluding carboxylic acids is 1. The molecule has 0 aromatic carbocycles. The number of hydrogen-bond donors (Lipinski definition) is 2. The van der Waals surface area contributed by atoms with Crippen LogP contribution in [0.1, 0.15) is 66.7 Å². The zero-order valence-electron chi connectivity index (χ0n) is 16.1. The van der Waals surface area contributed by atoms with E-state index in [1.807, 2.05) is 13.8 Å². The zero-order chi connectivity index (χ0) is 19.3. The first-order valence-electron chi connectivity index (χ1n) is 8.54. The Morgan fingerprint density at radius 2 is 1.79 bits per heavy atom. The molecule has 0 aromatic rings. The molecule has 0 heterocycles. The number of rotatable bonds is 9. The quantitative estimate of drug-likeness (QED) is 0.487. The molecule has 0 aliphatic rings. The minimum absolute atomic E-state index is 0.0888. The van der Waals surface area contributed by atoms with Crippen molar-refractivity contribution in [1.29, 1.82) is 0 Å². The molecular weight excluding hydrogens is 306 g/mol. The van der Waals surface area contributed by atoms with Gasteiger partial charge in [0.2, 0.25) is 0 Å². The van der Waals surface area contributed by atoms with Crippen molar-refractivity contribution >= 4 is 11.9 Å². The predicted molar refractivity (Wildman–Crippen MR) is 98.7 cm³/mol. The molecule has 0 saturated carbocycles. The summed E-state index contributed by atoms with van der Waals surface area (Å²) in [5.41, 5.74) is 7.39. The summed E-state index contributed by atoms with van der Waals surface area (Å²) in [6.45, 7) is 13.2. The van der Waals surface area contributed by atoms with E-state index in [0.29, 0.717) is 23.5 Å². The van der Waals surface area contributed by atoms with Gasteiger partial charge in [-0.3, -0.25) is 0 Å². The van der Waals surface area contributed by atoms with Gasteiger partial charge in [-0.15, -0.1) is 0 Å². The molecule has 2 atom stereocenters. The number of carboxylic acid groups (broad SMARTS) is 1. The molecule has 3 N–H and O–H groups in total. The van der Waals surface area contributed by atoms with Gasteiger partial charge in [-0.2, -0.15) is 0 Å². The van der Waals surface area contributed by atoms with Crippen molar-refractivity contribution in [2.75, 3.05) is 7.11 Å². The summed E-state index contributed by atoms with van der Waals surface area (Å²) >= 11 is 0. The molecule has 0 bridgehead atoms. The van der Waals surface area contributed by atoms with Crippen LogP contribution in [0, 0.1) is 5.92 Å². The number of unbranched alkanes of at least 4 members (excludes halogenated alkanes) is 1. The number of carboxylic acids is 1. The van der Waals surface area contributed by atoms with E-state index in [9.17, 15) is 9.59 Å². The van der Waals surface area contributed by atoms with Gasteiger partial charge in [-0.25, -0.2) is 9.59 Å². The summed E-state index contributed by atoms with van der Waals surface area (Å²) in [6, 6.07) is -0.0888. The van der Waals surface area contributed by atoms with Gasteiger partial charge in [-0.05, 0) is 38.7 Å². The number of hydrogen-bond acceptors (Lipinski definition) is 4. The molecule has 140 valence electrons. The maximum atomic E-state index is 10.9. The molecule has 0 radical (unpaired) electrons. The summed E-state index contributed by atoms with van der Waals surface area (Å²) in [6.07, 6.45) is 5.18. The van der Waals surface area contributed by atoms with E-state index in [1.54, 1.807) is 6.92 Å². The third kappa shape index (κ3) is 11.0. The van der Waals surface area contributed by atoms with Gasteiger partial charge in [0.15, 0.2) is 0 Å². The van der Waals surface area contributed by atoms with Crippen molar-refractivity contribution in [3.05, 3.63) is 23.3 Å². The summed E-state index contributed by atoms with van der Waals surface area (Å²) in [5, 5.41) is 8.65. The van der Waals surface area contributed by atoms with E-state index in [2.05, 4.69) is 25.2 Å². The van der Waals surface area contributed by atoms with Crippen molar-refractivity contribution in [1.82, 2.24) is 0 Å². The van der Waals surface area contributed by atoms with Gasteiger partial charge in [0.1, 0.15) is 0 Å². The molecule has 0 amide bonds. The highest BCUT2D eigenvalue weighted by Gasteiger charge is 2.11. The zero-order valence-corrected chi connectivity index (χ0v) is 16.1. The van der Waals surface area contributed by atoms with Crippen LogP contribution in [0.2, 0.25) is 0 Å². The Balaban J connectivity index is 0. The molecule has 0 rings (SSSR count). The Hall–Kier alpha value is -1.62. The van der Waals surface area contributed by atoms with Crippen LogP contribution in [0.4, 0.5) is 0 Å². The maximum Gasteiger partial charge on any atom is 0.333 e. The van der Waals surface area contributed by atoms with Crippen molar-refractivity contribution in [2.24, 2.45) is 11.7 Å². The average Bonchev–Trinajstić information content (AvgIpc) is 2.56. The maximum absolute atomic E-state index is 10.9. The largest absolute Gasteiger partial charge is 0.478 e. The molecule has 5 nitrogen and oxygen atoms in total. The average molecular weight is 341 g/mol. The second-order valence-corrected chi connectivity index (χ2v) is 6.12. The van der Waals surface area contributed by atoms with Gasteiger partial charge in [0.25, 0.3) is 0 Å². The smallest absolute Gasteiger partial charge is 0.333 e. The fourth-order valence-corrected chi connectivity index (χ4v) is 2.03. The number of esters is 1. The highest BCUT2D eigenvalue weighted by Crippen LogP contribution is 2.20. The fourth-order valence-electron chi connectivity index (χ4n) is 2.03. The molecule has 0 saturated heterocycles. The number of nitrogens with two attached hydrogens (primary N) is 1. The first-order chi connectivity index (χ1) is 11.1. The van der Waals surface area contributed by atoms with Crippen LogP contribution in [0.3, 0.4) is 0 Å². The third-order valence-electron chi connectivity index (χ3n) is 4.15. The molecule has 0 aromatic heterocycles. The van der Waals surface area contributed by atoms with Crippen LogP contribution < -0.4 is 5.73 Å². The monoisotopic (exact) mass is 341 g/mol. The minimum Gasteiger partial charge on any atom is -0.478 e. The van der Waals surface area contributed by atoms with Gasteiger partial charge < -0.3 is 15.6 Å². The Morgan fingerprint density at radius 1 is 1.25 bits per heavy atom. The van der Waals surface area contributed by atoms with E-state index in [1.165, 1.54) is 20.0 Å². The predicted octanol–water partition coefficient (Wildman–Crippen LogP) is 4.08. The standard InChI is InChI=1S/C11H20O2.C8H15NO2/c1-4-6-7-10(5-2)8-9(3)11(12)13;1-5(7(3)9)6(2)8(10)11-4/h10H,3-8H2,1-2H3,(H,12,13);7H,9H2,1-4H3.